The van der Waals surface area contributed by atoms with Crippen LogP contribution in [0.5, 0.6) is 0 Å². The summed E-state index contributed by atoms with van der Waals surface area (Å²) in [7, 11) is 0. The number of unbranched alkanes of at least 4 members (excludes halogenated alkanes) is 2. The van der Waals surface area contributed by atoms with Crippen molar-refractivity contribution >= 4 is 5.91 Å². The summed E-state index contributed by atoms with van der Waals surface area (Å²) in [5, 5.41) is 33.9. The molecule has 1 saturated heterocycles. The number of aliphatic hydroxyl groups excluding tert-OH is 3. The van der Waals surface area contributed by atoms with Gasteiger partial charge in [0, 0.05) is 13.0 Å². The van der Waals surface area contributed by atoms with Crippen LogP contribution in [0.2, 0.25) is 0 Å². The number of rotatable bonds is 7. The molecular weight excluding hydrogens is 236 g/mol. The van der Waals surface area contributed by atoms with Gasteiger partial charge in [0.2, 0.25) is 5.91 Å². The van der Waals surface area contributed by atoms with E-state index in [1.165, 1.54) is 0 Å². The minimum atomic E-state index is -0.989. The number of nitrogens with one attached hydrogen (secondary N) is 2. The highest BCUT2D eigenvalue weighted by molar-refractivity contribution is 5.75. The van der Waals surface area contributed by atoms with Gasteiger partial charge >= 0.3 is 0 Å². The summed E-state index contributed by atoms with van der Waals surface area (Å²) in [6, 6.07) is -0.936. The van der Waals surface area contributed by atoms with Crippen LogP contribution in [0.1, 0.15) is 32.6 Å². The molecule has 6 heteroatoms. The van der Waals surface area contributed by atoms with E-state index in [-0.39, 0.29) is 19.1 Å². The van der Waals surface area contributed by atoms with Crippen LogP contribution in [0.25, 0.3) is 0 Å². The topological polar surface area (TPSA) is 102 Å². The Morgan fingerprint density at radius 3 is 2.44 bits per heavy atom. The summed E-state index contributed by atoms with van der Waals surface area (Å²) >= 11 is 0. The van der Waals surface area contributed by atoms with E-state index in [2.05, 4.69) is 17.6 Å². The normalized spacial score (nSPS) is 31.6. The molecule has 1 aliphatic heterocycles. The predicted octanol–water partition coefficient (Wildman–Crippen LogP) is -1.26. The van der Waals surface area contributed by atoms with Crippen LogP contribution in [0.15, 0.2) is 0 Å². The van der Waals surface area contributed by atoms with E-state index >= 15 is 0 Å². The van der Waals surface area contributed by atoms with Crippen LogP contribution in [-0.4, -0.2) is 58.7 Å². The molecule has 1 rings (SSSR count). The third-order valence-electron chi connectivity index (χ3n) is 3.33. The zero-order valence-electron chi connectivity index (χ0n) is 10.8. The molecule has 6 nitrogen and oxygen atoms in total. The molecule has 4 unspecified atom stereocenters. The smallest absolute Gasteiger partial charge is 0.220 e. The molecule has 1 fully saturated rings. The predicted molar refractivity (Wildman–Crippen MR) is 67.0 cm³/mol. The highest BCUT2D eigenvalue weighted by Crippen LogP contribution is 2.13. The summed E-state index contributed by atoms with van der Waals surface area (Å²) in [4.78, 5) is 11.5. The molecule has 1 heterocycles. The molecule has 0 aromatic carbocycles. The second kappa shape index (κ2) is 7.68. The van der Waals surface area contributed by atoms with Crippen LogP contribution < -0.4 is 10.6 Å². The molecule has 0 aliphatic carbocycles. The van der Waals surface area contributed by atoms with E-state index < -0.39 is 24.3 Å². The Bertz CT molecular complexity index is 262. The van der Waals surface area contributed by atoms with Crippen molar-refractivity contribution in [3.05, 3.63) is 0 Å². The number of amides is 1. The van der Waals surface area contributed by atoms with Gasteiger partial charge in [-0.3, -0.25) is 4.79 Å². The lowest BCUT2D eigenvalue weighted by Gasteiger charge is -2.16. The fourth-order valence-corrected chi connectivity index (χ4v) is 2.14. The Labute approximate surface area is 107 Å². The molecule has 18 heavy (non-hydrogen) atoms. The lowest BCUT2D eigenvalue weighted by Crippen LogP contribution is -2.44. The van der Waals surface area contributed by atoms with E-state index in [1.807, 2.05) is 0 Å². The molecule has 4 atom stereocenters. The van der Waals surface area contributed by atoms with Crippen LogP contribution in [0, 0.1) is 0 Å². The Balaban J connectivity index is 2.25. The minimum Gasteiger partial charge on any atom is -0.395 e. The standard InChI is InChI=1S/C12H24N2O4/c1-2-3-4-5-10(16)13-6-8-11(17)12(18)9(7-15)14-8/h8-9,11-12,14-15,17-18H,2-7H2,1H3,(H,13,16). The zero-order chi connectivity index (χ0) is 13.5. The van der Waals surface area contributed by atoms with Gasteiger partial charge in [0.05, 0.1) is 30.9 Å². The van der Waals surface area contributed by atoms with Gasteiger partial charge in [0.25, 0.3) is 0 Å². The third-order valence-corrected chi connectivity index (χ3v) is 3.33. The SMILES string of the molecule is CCCCCC(=O)NCC1NC(CO)C(O)C1O. The molecular formula is C12H24N2O4. The first-order valence-electron chi connectivity index (χ1n) is 6.59. The Morgan fingerprint density at radius 2 is 1.89 bits per heavy atom. The summed E-state index contributed by atoms with van der Waals surface area (Å²) < 4.78 is 0. The second-order valence-corrected chi connectivity index (χ2v) is 4.80. The lowest BCUT2D eigenvalue weighted by molar-refractivity contribution is -0.121. The van der Waals surface area contributed by atoms with Crippen molar-refractivity contribution in [2.75, 3.05) is 13.2 Å². The van der Waals surface area contributed by atoms with Gasteiger partial charge in [-0.05, 0) is 6.42 Å². The monoisotopic (exact) mass is 260 g/mol. The van der Waals surface area contributed by atoms with Crippen molar-refractivity contribution in [3.8, 4) is 0 Å². The molecule has 106 valence electrons. The molecule has 0 saturated carbocycles. The average molecular weight is 260 g/mol. The van der Waals surface area contributed by atoms with Crippen molar-refractivity contribution in [2.45, 2.75) is 56.9 Å². The zero-order valence-corrected chi connectivity index (χ0v) is 10.8. The summed E-state index contributed by atoms with van der Waals surface area (Å²) in [6.45, 7) is 2.10. The summed E-state index contributed by atoms with van der Waals surface area (Å²) in [5.74, 6) is -0.0422. The maximum Gasteiger partial charge on any atom is 0.220 e. The Morgan fingerprint density at radius 1 is 1.22 bits per heavy atom. The number of carbonyl (C=O) groups is 1. The Kier molecular flexibility index (Phi) is 6.56. The fourth-order valence-electron chi connectivity index (χ4n) is 2.14. The maximum atomic E-state index is 11.5. The van der Waals surface area contributed by atoms with Crippen molar-refractivity contribution < 1.29 is 20.1 Å². The number of carbonyl (C=O) groups excluding carboxylic acids is 1. The third kappa shape index (κ3) is 4.20. The molecule has 0 radical (unpaired) electrons. The van der Waals surface area contributed by atoms with Crippen molar-refractivity contribution in [1.82, 2.24) is 10.6 Å². The van der Waals surface area contributed by atoms with Gasteiger partial charge < -0.3 is 26.0 Å². The maximum absolute atomic E-state index is 11.5. The highest BCUT2D eigenvalue weighted by atomic mass is 16.3. The van der Waals surface area contributed by atoms with Gasteiger partial charge in [0.15, 0.2) is 0 Å². The van der Waals surface area contributed by atoms with Crippen molar-refractivity contribution in [2.24, 2.45) is 0 Å². The Hall–Kier alpha value is -0.690. The quantitative estimate of drug-likeness (QED) is 0.368. The van der Waals surface area contributed by atoms with E-state index in [1.54, 1.807) is 0 Å². The van der Waals surface area contributed by atoms with Gasteiger partial charge in [-0.15, -0.1) is 0 Å². The van der Waals surface area contributed by atoms with Gasteiger partial charge in [-0.25, -0.2) is 0 Å². The van der Waals surface area contributed by atoms with Crippen molar-refractivity contribution in [3.63, 3.8) is 0 Å². The van der Waals surface area contributed by atoms with Gasteiger partial charge in [-0.1, -0.05) is 19.8 Å². The molecule has 1 amide bonds. The van der Waals surface area contributed by atoms with Crippen LogP contribution in [0.4, 0.5) is 0 Å². The van der Waals surface area contributed by atoms with E-state index in [9.17, 15) is 15.0 Å². The largest absolute Gasteiger partial charge is 0.395 e. The lowest BCUT2D eigenvalue weighted by atomic mass is 10.1. The average Bonchev–Trinajstić information content (AvgIpc) is 2.64. The number of aliphatic hydroxyl groups is 3. The first kappa shape index (κ1) is 15.4. The van der Waals surface area contributed by atoms with E-state index in [0.29, 0.717) is 6.42 Å². The highest BCUT2D eigenvalue weighted by Gasteiger charge is 2.40. The van der Waals surface area contributed by atoms with Crippen LogP contribution >= 0.6 is 0 Å². The van der Waals surface area contributed by atoms with E-state index in [0.717, 1.165) is 19.3 Å². The fraction of sp³-hybridized carbons (Fsp3) is 0.917. The second-order valence-electron chi connectivity index (χ2n) is 4.80. The number of hydrogen-bond acceptors (Lipinski definition) is 5. The summed E-state index contributed by atoms with van der Waals surface area (Å²) in [6.07, 6.45) is 1.51. The van der Waals surface area contributed by atoms with Crippen LogP contribution in [-0.2, 0) is 4.79 Å². The molecule has 0 spiro atoms. The number of hydrogen-bond donors (Lipinski definition) is 5. The summed E-state index contributed by atoms with van der Waals surface area (Å²) in [5.41, 5.74) is 0. The molecule has 0 aromatic rings. The van der Waals surface area contributed by atoms with Gasteiger partial charge in [-0.2, -0.15) is 0 Å². The first-order chi connectivity index (χ1) is 8.60. The molecule has 1 aliphatic rings. The minimum absolute atomic E-state index is 0.0422. The van der Waals surface area contributed by atoms with Gasteiger partial charge in [0.1, 0.15) is 0 Å². The van der Waals surface area contributed by atoms with E-state index in [4.69, 9.17) is 5.11 Å². The first-order valence-corrected chi connectivity index (χ1v) is 6.59. The van der Waals surface area contributed by atoms with Crippen LogP contribution in [0.3, 0.4) is 0 Å². The molecule has 0 aromatic heterocycles. The molecule has 0 bridgehead atoms. The van der Waals surface area contributed by atoms with Crippen molar-refractivity contribution in [1.29, 1.82) is 0 Å². The molecule has 5 N–H and O–H groups in total.